The molecule has 0 unspecified atom stereocenters. The fourth-order valence-electron chi connectivity index (χ4n) is 2.17. The molecule has 10 heteroatoms. The van der Waals surface area contributed by atoms with Crippen LogP contribution < -0.4 is 14.8 Å². The summed E-state index contributed by atoms with van der Waals surface area (Å²) in [4.78, 5) is 30.0. The summed E-state index contributed by atoms with van der Waals surface area (Å²) in [5, 5.41) is 4.92. The Labute approximate surface area is 169 Å². The third kappa shape index (κ3) is 4.65. The molecule has 2 amide bonds. The van der Waals surface area contributed by atoms with Crippen LogP contribution in [0.1, 0.15) is 5.56 Å². The van der Waals surface area contributed by atoms with Crippen LogP contribution >= 0.6 is 35.3 Å². The summed E-state index contributed by atoms with van der Waals surface area (Å²) in [5.74, 6) is 0.426. The molecular formula is C17H15N3O4S3. The van der Waals surface area contributed by atoms with Crippen molar-refractivity contribution in [3.05, 3.63) is 40.2 Å². The van der Waals surface area contributed by atoms with Gasteiger partial charge in [-0.1, -0.05) is 30.0 Å². The molecule has 1 fully saturated rings. The largest absolute Gasteiger partial charge is 0.493 e. The van der Waals surface area contributed by atoms with Crippen molar-refractivity contribution in [2.75, 3.05) is 26.1 Å². The number of benzene rings is 1. The standard InChI is InChI=1S/C17H15N3O4S3/c1-20-15(22)13(27-17(20)25)8-10-3-4-11(12(7-10)23-2)24-9-14(21)19-16-18-5-6-26-16/h3-8H,9H2,1-2H3,(H,18,19,21)/b13-8-. The summed E-state index contributed by atoms with van der Waals surface area (Å²) in [6, 6.07) is 5.20. The molecule has 1 aliphatic heterocycles. The zero-order chi connectivity index (χ0) is 19.4. The molecule has 0 atom stereocenters. The summed E-state index contributed by atoms with van der Waals surface area (Å²) < 4.78 is 11.4. The minimum absolute atomic E-state index is 0.136. The normalized spacial score (nSPS) is 15.3. The summed E-state index contributed by atoms with van der Waals surface area (Å²) in [6.07, 6.45) is 3.35. The first-order valence-corrected chi connectivity index (χ1v) is 9.80. The summed E-state index contributed by atoms with van der Waals surface area (Å²) >= 11 is 7.70. The molecule has 0 saturated carbocycles. The van der Waals surface area contributed by atoms with Gasteiger partial charge in [0.25, 0.3) is 11.8 Å². The second-order valence-corrected chi connectivity index (χ2v) is 7.90. The van der Waals surface area contributed by atoms with Crippen molar-refractivity contribution in [3.8, 4) is 11.5 Å². The van der Waals surface area contributed by atoms with Crippen LogP contribution in [0.4, 0.5) is 5.13 Å². The first-order valence-electron chi connectivity index (χ1n) is 7.69. The number of carbonyl (C=O) groups is 2. The predicted octanol–water partition coefficient (Wildman–Crippen LogP) is 3.00. The Kier molecular flexibility index (Phi) is 6.09. The number of likely N-dealkylation sites (N-methyl/N-ethyl adjacent to an activating group) is 1. The Morgan fingerprint density at radius 1 is 1.41 bits per heavy atom. The molecule has 1 N–H and O–H groups in total. The maximum atomic E-state index is 12.1. The minimum Gasteiger partial charge on any atom is -0.493 e. The van der Waals surface area contributed by atoms with Crippen LogP contribution in [-0.4, -0.2) is 46.8 Å². The van der Waals surface area contributed by atoms with Gasteiger partial charge in [0.2, 0.25) is 0 Å². The molecule has 1 aliphatic rings. The van der Waals surface area contributed by atoms with Gasteiger partial charge < -0.3 is 9.47 Å². The number of rotatable bonds is 6. The van der Waals surface area contributed by atoms with Crippen molar-refractivity contribution in [2.24, 2.45) is 0 Å². The van der Waals surface area contributed by atoms with E-state index in [1.165, 1.54) is 35.1 Å². The second kappa shape index (κ2) is 8.51. The zero-order valence-corrected chi connectivity index (χ0v) is 16.9. The number of ether oxygens (including phenoxy) is 2. The Morgan fingerprint density at radius 2 is 2.22 bits per heavy atom. The molecule has 2 aromatic rings. The van der Waals surface area contributed by atoms with Crippen molar-refractivity contribution in [1.29, 1.82) is 0 Å². The van der Waals surface area contributed by atoms with Gasteiger partial charge in [0.15, 0.2) is 23.2 Å². The van der Waals surface area contributed by atoms with Gasteiger partial charge >= 0.3 is 0 Å². The predicted molar refractivity (Wildman–Crippen MR) is 110 cm³/mol. The lowest BCUT2D eigenvalue weighted by molar-refractivity contribution is -0.121. The molecule has 0 bridgehead atoms. The van der Waals surface area contributed by atoms with E-state index in [1.807, 2.05) is 0 Å². The topological polar surface area (TPSA) is 80.8 Å². The number of thioether (sulfide) groups is 1. The first kappa shape index (κ1) is 19.3. The van der Waals surface area contributed by atoms with Crippen molar-refractivity contribution in [3.63, 3.8) is 0 Å². The fraction of sp³-hybridized carbons (Fsp3) is 0.176. The Hall–Kier alpha value is -2.43. The molecule has 1 aromatic heterocycles. The fourth-order valence-corrected chi connectivity index (χ4v) is 3.90. The number of hydrogen-bond acceptors (Lipinski definition) is 8. The van der Waals surface area contributed by atoms with Crippen molar-refractivity contribution in [2.45, 2.75) is 0 Å². The first-order chi connectivity index (χ1) is 13.0. The molecule has 3 rings (SSSR count). The SMILES string of the molecule is COc1cc(/C=C2\SC(=S)N(C)C2=O)ccc1OCC(=O)Nc1nccs1. The lowest BCUT2D eigenvalue weighted by Gasteiger charge is -2.11. The molecule has 0 aliphatic carbocycles. The van der Waals surface area contributed by atoms with Gasteiger partial charge in [-0.3, -0.25) is 19.8 Å². The molecule has 2 heterocycles. The van der Waals surface area contributed by atoms with Gasteiger partial charge in [0.05, 0.1) is 12.0 Å². The number of hydrogen-bond donors (Lipinski definition) is 1. The summed E-state index contributed by atoms with van der Waals surface area (Å²) in [6.45, 7) is -0.177. The highest BCUT2D eigenvalue weighted by atomic mass is 32.2. The third-order valence-corrected chi connectivity index (χ3v) is 5.68. The third-order valence-electron chi connectivity index (χ3n) is 3.51. The van der Waals surface area contributed by atoms with E-state index < -0.39 is 0 Å². The van der Waals surface area contributed by atoms with E-state index in [0.717, 1.165) is 5.56 Å². The number of methoxy groups -OCH3 is 1. The quantitative estimate of drug-likeness (QED) is 0.567. The molecule has 7 nitrogen and oxygen atoms in total. The van der Waals surface area contributed by atoms with Gasteiger partial charge in [-0.2, -0.15) is 0 Å². The lowest BCUT2D eigenvalue weighted by Crippen LogP contribution is -2.22. The van der Waals surface area contributed by atoms with Gasteiger partial charge in [0.1, 0.15) is 4.32 Å². The average molecular weight is 422 g/mol. The van der Waals surface area contributed by atoms with E-state index in [2.05, 4.69) is 10.3 Å². The van der Waals surface area contributed by atoms with Crippen LogP contribution in [0.5, 0.6) is 11.5 Å². The van der Waals surface area contributed by atoms with E-state index in [1.54, 1.807) is 42.9 Å². The highest BCUT2D eigenvalue weighted by Gasteiger charge is 2.28. The van der Waals surface area contributed by atoms with Crippen LogP contribution in [0.3, 0.4) is 0 Å². The molecule has 1 aromatic carbocycles. The number of carbonyl (C=O) groups excluding carboxylic acids is 2. The maximum absolute atomic E-state index is 12.1. The van der Waals surface area contributed by atoms with Crippen LogP contribution in [0.15, 0.2) is 34.7 Å². The maximum Gasteiger partial charge on any atom is 0.265 e. The number of amides is 2. The molecule has 140 valence electrons. The van der Waals surface area contributed by atoms with Gasteiger partial charge in [-0.15, -0.1) is 11.3 Å². The van der Waals surface area contributed by atoms with Crippen molar-refractivity contribution >= 4 is 62.7 Å². The Bertz CT molecular complexity index is 912. The number of aromatic nitrogens is 1. The van der Waals surface area contributed by atoms with Gasteiger partial charge in [-0.25, -0.2) is 4.98 Å². The monoisotopic (exact) mass is 421 g/mol. The molecule has 0 radical (unpaired) electrons. The summed E-state index contributed by atoms with van der Waals surface area (Å²) in [7, 11) is 3.15. The number of anilines is 1. The zero-order valence-electron chi connectivity index (χ0n) is 14.4. The highest BCUT2D eigenvalue weighted by Crippen LogP contribution is 2.34. The van der Waals surface area contributed by atoms with Crippen LogP contribution in [0, 0.1) is 0 Å². The Morgan fingerprint density at radius 3 is 2.85 bits per heavy atom. The molecule has 1 saturated heterocycles. The number of nitrogens with zero attached hydrogens (tertiary/aromatic N) is 2. The molecule has 0 spiro atoms. The smallest absolute Gasteiger partial charge is 0.265 e. The van der Waals surface area contributed by atoms with E-state index in [9.17, 15) is 9.59 Å². The lowest BCUT2D eigenvalue weighted by atomic mass is 10.2. The van der Waals surface area contributed by atoms with Crippen LogP contribution in [-0.2, 0) is 9.59 Å². The number of thiocarbonyl (C=S) groups is 1. The number of thiazole rings is 1. The van der Waals surface area contributed by atoms with Crippen LogP contribution in [0.25, 0.3) is 6.08 Å². The van der Waals surface area contributed by atoms with E-state index in [-0.39, 0.29) is 18.4 Å². The average Bonchev–Trinajstić information content (AvgIpc) is 3.25. The number of nitrogens with one attached hydrogen (secondary N) is 1. The molecular weight excluding hydrogens is 406 g/mol. The summed E-state index contributed by atoms with van der Waals surface area (Å²) in [5.41, 5.74) is 0.764. The van der Waals surface area contributed by atoms with Crippen molar-refractivity contribution < 1.29 is 19.1 Å². The van der Waals surface area contributed by atoms with Gasteiger partial charge in [0, 0.05) is 18.6 Å². The van der Waals surface area contributed by atoms with E-state index in [0.29, 0.717) is 25.9 Å². The van der Waals surface area contributed by atoms with E-state index >= 15 is 0 Å². The van der Waals surface area contributed by atoms with Crippen molar-refractivity contribution in [1.82, 2.24) is 9.88 Å². The Balaban J connectivity index is 1.68. The van der Waals surface area contributed by atoms with E-state index in [4.69, 9.17) is 21.7 Å². The highest BCUT2D eigenvalue weighted by molar-refractivity contribution is 8.26. The molecule has 27 heavy (non-hydrogen) atoms. The minimum atomic E-state index is -0.317. The second-order valence-electron chi connectivity index (χ2n) is 5.33. The van der Waals surface area contributed by atoms with Gasteiger partial charge in [-0.05, 0) is 23.8 Å². The van der Waals surface area contributed by atoms with Crippen LogP contribution in [0.2, 0.25) is 0 Å².